The van der Waals surface area contributed by atoms with Crippen LogP contribution in [0.3, 0.4) is 0 Å². The first kappa shape index (κ1) is 21.5. The Hall–Kier alpha value is -0.530. The minimum Gasteiger partial charge on any atom is -0.324 e. The molecule has 1 nitrogen and oxygen atoms in total. The molecular formula is C20H36ClN. The zero-order valence-corrected chi connectivity index (χ0v) is 15.7. The second kappa shape index (κ2) is 13.0. The molecule has 0 heterocycles. The van der Waals surface area contributed by atoms with Crippen LogP contribution in [-0.4, -0.2) is 0 Å². The van der Waals surface area contributed by atoms with Crippen molar-refractivity contribution in [3.05, 3.63) is 34.9 Å². The van der Waals surface area contributed by atoms with Gasteiger partial charge in [0.05, 0.1) is 0 Å². The second-order valence-electron chi connectivity index (χ2n) is 6.51. The van der Waals surface area contributed by atoms with E-state index in [0.717, 1.165) is 6.42 Å². The lowest BCUT2D eigenvalue weighted by Crippen LogP contribution is -2.12. The van der Waals surface area contributed by atoms with Gasteiger partial charge in [-0.3, -0.25) is 0 Å². The fraction of sp³-hybridized carbons (Fsp3) is 0.700. The molecule has 0 spiro atoms. The summed E-state index contributed by atoms with van der Waals surface area (Å²) in [6, 6.07) is 6.72. The lowest BCUT2D eigenvalue weighted by Gasteiger charge is -2.16. The first-order valence-electron chi connectivity index (χ1n) is 8.98. The van der Waals surface area contributed by atoms with Gasteiger partial charge in [-0.05, 0) is 37.0 Å². The topological polar surface area (TPSA) is 26.0 Å². The molecular weight excluding hydrogens is 290 g/mol. The highest BCUT2D eigenvalue weighted by molar-refractivity contribution is 5.85. The molecule has 1 rings (SSSR count). The third-order valence-electron chi connectivity index (χ3n) is 4.66. The highest BCUT2D eigenvalue weighted by Crippen LogP contribution is 2.23. The van der Waals surface area contributed by atoms with Crippen LogP contribution in [0.25, 0.3) is 0 Å². The summed E-state index contributed by atoms with van der Waals surface area (Å²) in [7, 11) is 0. The van der Waals surface area contributed by atoms with Gasteiger partial charge in [-0.2, -0.15) is 0 Å². The first-order valence-corrected chi connectivity index (χ1v) is 8.98. The van der Waals surface area contributed by atoms with Gasteiger partial charge in [0.1, 0.15) is 0 Å². The van der Waals surface area contributed by atoms with Crippen molar-refractivity contribution in [2.24, 2.45) is 5.73 Å². The van der Waals surface area contributed by atoms with Crippen molar-refractivity contribution in [3.63, 3.8) is 0 Å². The van der Waals surface area contributed by atoms with Gasteiger partial charge in [-0.1, -0.05) is 82.9 Å². The van der Waals surface area contributed by atoms with Gasteiger partial charge >= 0.3 is 0 Å². The van der Waals surface area contributed by atoms with Crippen LogP contribution in [0.1, 0.15) is 93.9 Å². The average Bonchev–Trinajstić information content (AvgIpc) is 2.48. The molecule has 0 saturated carbocycles. The normalized spacial score (nSPS) is 12.0. The van der Waals surface area contributed by atoms with Gasteiger partial charge < -0.3 is 5.73 Å². The zero-order chi connectivity index (χ0) is 15.5. The molecule has 22 heavy (non-hydrogen) atoms. The summed E-state index contributed by atoms with van der Waals surface area (Å²) < 4.78 is 0. The van der Waals surface area contributed by atoms with E-state index in [4.69, 9.17) is 5.73 Å². The van der Waals surface area contributed by atoms with Crippen molar-refractivity contribution in [1.29, 1.82) is 0 Å². The van der Waals surface area contributed by atoms with Crippen molar-refractivity contribution in [2.75, 3.05) is 0 Å². The van der Waals surface area contributed by atoms with E-state index in [1.807, 2.05) is 0 Å². The van der Waals surface area contributed by atoms with Crippen molar-refractivity contribution >= 4 is 12.4 Å². The SMILES string of the molecule is CCCCCCCCCCCC(N)c1cccc(C)c1C.Cl. The lowest BCUT2D eigenvalue weighted by atomic mass is 9.94. The standard InChI is InChI=1S/C20H35N.ClH/c1-4-5-6-7-8-9-10-11-12-16-20(21)19-15-13-14-17(2)18(19)3;/h13-15,20H,4-12,16,21H2,1-3H3;1H. The molecule has 0 aromatic heterocycles. The van der Waals surface area contributed by atoms with Crippen LogP contribution < -0.4 is 5.73 Å². The highest BCUT2D eigenvalue weighted by atomic mass is 35.5. The number of halogens is 1. The molecule has 128 valence electrons. The summed E-state index contributed by atoms with van der Waals surface area (Å²) in [5, 5.41) is 0. The Morgan fingerprint density at radius 1 is 0.864 bits per heavy atom. The molecule has 1 unspecified atom stereocenters. The van der Waals surface area contributed by atoms with Crippen LogP contribution in [0.4, 0.5) is 0 Å². The Morgan fingerprint density at radius 2 is 1.41 bits per heavy atom. The summed E-state index contributed by atoms with van der Waals surface area (Å²) in [5.41, 5.74) is 10.4. The Balaban J connectivity index is 0.00000441. The minimum absolute atomic E-state index is 0. The summed E-state index contributed by atoms with van der Waals surface area (Å²) >= 11 is 0. The fourth-order valence-corrected chi connectivity index (χ4v) is 3.01. The number of hydrogen-bond donors (Lipinski definition) is 1. The molecule has 0 radical (unpaired) electrons. The molecule has 0 aliphatic carbocycles. The van der Waals surface area contributed by atoms with Gasteiger partial charge in [0.2, 0.25) is 0 Å². The quantitative estimate of drug-likeness (QED) is 0.453. The van der Waals surface area contributed by atoms with E-state index >= 15 is 0 Å². The van der Waals surface area contributed by atoms with Crippen LogP contribution in [0.5, 0.6) is 0 Å². The van der Waals surface area contributed by atoms with Crippen LogP contribution in [0, 0.1) is 13.8 Å². The number of nitrogens with two attached hydrogens (primary N) is 1. The summed E-state index contributed by atoms with van der Waals surface area (Å²) in [5.74, 6) is 0. The Labute approximate surface area is 144 Å². The molecule has 1 aromatic rings. The van der Waals surface area contributed by atoms with Crippen LogP contribution in [-0.2, 0) is 0 Å². The second-order valence-corrected chi connectivity index (χ2v) is 6.51. The van der Waals surface area contributed by atoms with E-state index in [-0.39, 0.29) is 18.4 Å². The maximum absolute atomic E-state index is 6.36. The maximum Gasteiger partial charge on any atom is 0.0297 e. The Kier molecular flexibility index (Phi) is 12.6. The van der Waals surface area contributed by atoms with Gasteiger partial charge in [0, 0.05) is 6.04 Å². The van der Waals surface area contributed by atoms with E-state index in [0.29, 0.717) is 0 Å². The van der Waals surface area contributed by atoms with E-state index < -0.39 is 0 Å². The van der Waals surface area contributed by atoms with Crippen molar-refractivity contribution in [2.45, 2.75) is 91.0 Å². The molecule has 2 N–H and O–H groups in total. The number of unbranched alkanes of at least 4 members (excludes halogenated alkanes) is 8. The highest BCUT2D eigenvalue weighted by Gasteiger charge is 2.09. The average molecular weight is 326 g/mol. The van der Waals surface area contributed by atoms with Gasteiger partial charge in [-0.15, -0.1) is 12.4 Å². The largest absolute Gasteiger partial charge is 0.324 e. The van der Waals surface area contributed by atoms with Gasteiger partial charge in [-0.25, -0.2) is 0 Å². The van der Waals surface area contributed by atoms with Crippen molar-refractivity contribution in [3.8, 4) is 0 Å². The molecule has 1 atom stereocenters. The Morgan fingerprint density at radius 3 is 2.00 bits per heavy atom. The summed E-state index contributed by atoms with van der Waals surface area (Å²) in [6.45, 7) is 6.64. The predicted octanol–water partition coefficient (Wildman–Crippen LogP) is 6.65. The molecule has 1 aromatic carbocycles. The van der Waals surface area contributed by atoms with Crippen molar-refractivity contribution in [1.82, 2.24) is 0 Å². The van der Waals surface area contributed by atoms with E-state index in [1.54, 1.807) is 0 Å². The van der Waals surface area contributed by atoms with Crippen LogP contribution in [0.2, 0.25) is 0 Å². The molecule has 0 aliphatic heterocycles. The monoisotopic (exact) mass is 325 g/mol. The number of aryl methyl sites for hydroxylation is 1. The third kappa shape index (κ3) is 8.19. The van der Waals surface area contributed by atoms with Crippen LogP contribution in [0.15, 0.2) is 18.2 Å². The van der Waals surface area contributed by atoms with E-state index in [2.05, 4.69) is 39.0 Å². The molecule has 0 saturated heterocycles. The van der Waals surface area contributed by atoms with E-state index in [9.17, 15) is 0 Å². The summed E-state index contributed by atoms with van der Waals surface area (Å²) in [4.78, 5) is 0. The number of hydrogen-bond acceptors (Lipinski definition) is 1. The molecule has 0 fully saturated rings. The first-order chi connectivity index (χ1) is 10.2. The van der Waals surface area contributed by atoms with Gasteiger partial charge in [0.15, 0.2) is 0 Å². The molecule has 0 aliphatic rings. The molecule has 0 bridgehead atoms. The smallest absolute Gasteiger partial charge is 0.0297 e. The number of rotatable bonds is 11. The Bertz CT molecular complexity index is 389. The number of benzene rings is 1. The van der Waals surface area contributed by atoms with Crippen LogP contribution >= 0.6 is 12.4 Å². The van der Waals surface area contributed by atoms with Gasteiger partial charge in [0.25, 0.3) is 0 Å². The van der Waals surface area contributed by atoms with E-state index in [1.165, 1.54) is 74.5 Å². The summed E-state index contributed by atoms with van der Waals surface area (Å²) in [6.07, 6.45) is 13.5. The predicted molar refractivity (Wildman–Crippen MR) is 102 cm³/mol. The minimum atomic E-state index is 0. The fourth-order valence-electron chi connectivity index (χ4n) is 3.01. The lowest BCUT2D eigenvalue weighted by molar-refractivity contribution is 0.531. The van der Waals surface area contributed by atoms with Crippen molar-refractivity contribution < 1.29 is 0 Å². The maximum atomic E-state index is 6.36. The zero-order valence-electron chi connectivity index (χ0n) is 14.9. The molecule has 0 amide bonds. The molecule has 2 heteroatoms. The third-order valence-corrected chi connectivity index (χ3v) is 4.66.